The van der Waals surface area contributed by atoms with Crippen LogP contribution >= 0.6 is 0 Å². The van der Waals surface area contributed by atoms with E-state index in [2.05, 4.69) is 39.5 Å². The van der Waals surface area contributed by atoms with E-state index in [1.165, 1.54) is 0 Å². The van der Waals surface area contributed by atoms with Crippen molar-refractivity contribution in [2.45, 2.75) is 26.7 Å². The van der Waals surface area contributed by atoms with Gasteiger partial charge in [-0.1, -0.05) is 105 Å². The molecular formula is C33H38BN3O. The number of nitrogens with zero attached hydrogens (tertiary/aromatic N) is 3. The Bertz CT molecular complexity index is 1260. The van der Waals surface area contributed by atoms with Gasteiger partial charge < -0.3 is 14.7 Å². The second kappa shape index (κ2) is 14.9. The molecule has 194 valence electrons. The Balaban J connectivity index is 2.87. The summed E-state index contributed by atoms with van der Waals surface area (Å²) in [6.45, 7) is 28.1. The SMILES string of the molecule is C=CC=C1/C(=C\C(=C)O)N(C(/C=C\C)=N/C=C\C)B2C(=C)/C=C\C=C/C(=C)CCC(=C)/C=C\C=C/C(=C)N21. The van der Waals surface area contributed by atoms with Crippen molar-refractivity contribution in [1.82, 2.24) is 9.62 Å². The van der Waals surface area contributed by atoms with Gasteiger partial charge in [0.1, 0.15) is 11.6 Å². The molecule has 0 unspecified atom stereocenters. The number of hydrogen-bond acceptors (Lipinski definition) is 3. The lowest BCUT2D eigenvalue weighted by atomic mass is 9.64. The Labute approximate surface area is 229 Å². The molecule has 0 radical (unpaired) electrons. The van der Waals surface area contributed by atoms with Gasteiger partial charge in [0.2, 0.25) is 0 Å². The maximum Gasteiger partial charge on any atom is 0.421 e. The van der Waals surface area contributed by atoms with Crippen molar-refractivity contribution in [1.29, 1.82) is 0 Å². The highest BCUT2D eigenvalue weighted by Gasteiger charge is 2.46. The van der Waals surface area contributed by atoms with Gasteiger partial charge in [-0.05, 0) is 50.4 Å². The van der Waals surface area contributed by atoms with E-state index in [1.807, 2.05) is 96.4 Å². The van der Waals surface area contributed by atoms with E-state index in [4.69, 9.17) is 4.99 Å². The molecule has 0 spiro atoms. The third-order valence-corrected chi connectivity index (χ3v) is 5.66. The second-order valence-electron chi connectivity index (χ2n) is 8.71. The Morgan fingerprint density at radius 1 is 0.921 bits per heavy atom. The predicted molar refractivity (Wildman–Crippen MR) is 167 cm³/mol. The van der Waals surface area contributed by atoms with Crippen LogP contribution in [0, 0.1) is 0 Å². The number of fused-ring (bicyclic) bond motifs is 1. The van der Waals surface area contributed by atoms with Crippen LogP contribution in [0.3, 0.4) is 0 Å². The molecule has 0 aromatic rings. The lowest BCUT2D eigenvalue weighted by Gasteiger charge is -2.29. The minimum atomic E-state index is -0.441. The molecule has 4 nitrogen and oxygen atoms in total. The zero-order valence-electron chi connectivity index (χ0n) is 22.7. The summed E-state index contributed by atoms with van der Waals surface area (Å²) in [7, 11) is 0. The van der Waals surface area contributed by atoms with E-state index in [0.29, 0.717) is 17.2 Å². The normalized spacial score (nSPS) is 23.5. The quantitative estimate of drug-likeness (QED) is 0.181. The monoisotopic (exact) mass is 503 g/mol. The Morgan fingerprint density at radius 2 is 1.53 bits per heavy atom. The lowest BCUT2D eigenvalue weighted by molar-refractivity contribution is 0.433. The minimum Gasteiger partial charge on any atom is -0.509 e. The molecule has 2 aliphatic heterocycles. The van der Waals surface area contributed by atoms with Crippen molar-refractivity contribution in [3.05, 3.63) is 170 Å². The first-order chi connectivity index (χ1) is 18.2. The van der Waals surface area contributed by atoms with Crippen molar-refractivity contribution in [3.63, 3.8) is 0 Å². The largest absolute Gasteiger partial charge is 0.509 e. The molecule has 0 amide bonds. The van der Waals surface area contributed by atoms with Gasteiger partial charge in [0.05, 0.1) is 11.4 Å². The molecule has 1 N–H and O–H groups in total. The first kappa shape index (κ1) is 29.7. The smallest absolute Gasteiger partial charge is 0.421 e. The number of aliphatic imine (C=N–C) groups is 1. The average molecular weight is 503 g/mol. The van der Waals surface area contributed by atoms with E-state index in [9.17, 15) is 5.11 Å². The van der Waals surface area contributed by atoms with E-state index in [0.717, 1.165) is 35.2 Å². The maximum absolute atomic E-state index is 10.3. The molecule has 0 aromatic carbocycles. The summed E-state index contributed by atoms with van der Waals surface area (Å²) in [4.78, 5) is 8.75. The van der Waals surface area contributed by atoms with Crippen LogP contribution in [0.2, 0.25) is 0 Å². The summed E-state index contributed by atoms with van der Waals surface area (Å²) in [5.74, 6) is 0.566. The number of allylic oxidation sites excluding steroid dienone is 16. The number of amidine groups is 1. The van der Waals surface area contributed by atoms with Gasteiger partial charge in [0.15, 0.2) is 0 Å². The molecule has 38 heavy (non-hydrogen) atoms. The van der Waals surface area contributed by atoms with Gasteiger partial charge in [0.25, 0.3) is 0 Å². The standard InChI is InChI=1S/C33H38BN3O/c1-9-16-31-32(25-30(8)38)37(33(17-10-2)35-24-11-3)34-28(6)20-14-12-18-26(4)22-23-27(5)19-13-15-21-29(7)36(31)34/h9-21,24-25,38H,1,4-8,22-23H2,2-3H3/b17-10-,18-12-,19-13-,20-14-,21-15-,24-11-,31-16?,32-25+,35-33+. The van der Waals surface area contributed by atoms with Crippen LogP contribution in [0.15, 0.2) is 175 Å². The second-order valence-corrected chi connectivity index (χ2v) is 8.71. The highest BCUT2D eigenvalue weighted by molar-refractivity contribution is 6.67. The van der Waals surface area contributed by atoms with E-state index in [1.54, 1.807) is 18.4 Å². The molecule has 0 aliphatic carbocycles. The summed E-state index contributed by atoms with van der Waals surface area (Å²) in [6, 6.07) is 0. The maximum atomic E-state index is 10.3. The Morgan fingerprint density at radius 3 is 2.08 bits per heavy atom. The van der Waals surface area contributed by atoms with E-state index < -0.39 is 6.98 Å². The van der Waals surface area contributed by atoms with Crippen LogP contribution in [-0.4, -0.2) is 27.5 Å². The molecule has 0 bridgehead atoms. The molecule has 2 aliphatic rings. The van der Waals surface area contributed by atoms with Crippen molar-refractivity contribution in [2.75, 3.05) is 0 Å². The van der Waals surface area contributed by atoms with Gasteiger partial charge in [-0.3, -0.25) is 0 Å². The summed E-state index contributed by atoms with van der Waals surface area (Å²) >= 11 is 0. The van der Waals surface area contributed by atoms with E-state index in [-0.39, 0.29) is 5.76 Å². The molecule has 1 fully saturated rings. The molecule has 0 aromatic heterocycles. The zero-order chi connectivity index (χ0) is 28.1. The fraction of sp³-hybridized carbons (Fsp3) is 0.121. The van der Waals surface area contributed by atoms with Crippen LogP contribution in [0.1, 0.15) is 26.7 Å². The minimum absolute atomic E-state index is 0.0879. The lowest BCUT2D eigenvalue weighted by Crippen LogP contribution is -2.46. The van der Waals surface area contributed by atoms with Gasteiger partial charge in [-0.15, -0.1) is 6.58 Å². The molecule has 5 heteroatoms. The fourth-order valence-electron chi connectivity index (χ4n) is 3.97. The molecule has 0 saturated carbocycles. The number of rotatable bonds is 4. The van der Waals surface area contributed by atoms with Crippen molar-refractivity contribution >= 4 is 12.8 Å². The highest BCUT2D eigenvalue weighted by Crippen LogP contribution is 2.38. The van der Waals surface area contributed by atoms with E-state index >= 15 is 0 Å². The Kier molecular flexibility index (Phi) is 11.7. The highest BCUT2D eigenvalue weighted by atomic mass is 16.3. The van der Waals surface area contributed by atoms with Crippen molar-refractivity contribution in [3.8, 4) is 0 Å². The zero-order valence-corrected chi connectivity index (χ0v) is 22.7. The third kappa shape index (κ3) is 8.00. The van der Waals surface area contributed by atoms with Gasteiger partial charge in [0, 0.05) is 18.0 Å². The Hall–Kier alpha value is -4.51. The number of aliphatic hydroxyl groups excluding tert-OH is 1. The molecule has 2 heterocycles. The molecule has 2 rings (SSSR count). The molecule has 0 atom stereocenters. The van der Waals surface area contributed by atoms with Gasteiger partial charge in [-0.2, -0.15) is 0 Å². The van der Waals surface area contributed by atoms with Crippen LogP contribution < -0.4 is 0 Å². The summed E-state index contributed by atoms with van der Waals surface area (Å²) in [6.07, 6.45) is 30.0. The van der Waals surface area contributed by atoms with Crippen LogP contribution in [0.4, 0.5) is 0 Å². The number of aliphatic hydroxyl groups is 1. The predicted octanol–water partition coefficient (Wildman–Crippen LogP) is 8.37. The van der Waals surface area contributed by atoms with Crippen LogP contribution in [0.5, 0.6) is 0 Å². The third-order valence-electron chi connectivity index (χ3n) is 5.66. The van der Waals surface area contributed by atoms with Crippen molar-refractivity contribution < 1.29 is 5.11 Å². The molecular weight excluding hydrogens is 465 g/mol. The summed E-state index contributed by atoms with van der Waals surface area (Å²) < 4.78 is 0. The fourth-order valence-corrected chi connectivity index (χ4v) is 3.97. The summed E-state index contributed by atoms with van der Waals surface area (Å²) in [5.41, 5.74) is 4.98. The van der Waals surface area contributed by atoms with Crippen LogP contribution in [-0.2, 0) is 0 Å². The molecule has 1 saturated heterocycles. The van der Waals surface area contributed by atoms with Gasteiger partial charge in [-0.25, -0.2) is 4.99 Å². The first-order valence-electron chi connectivity index (χ1n) is 12.5. The average Bonchev–Trinajstić information content (AvgIpc) is 3.18. The number of hydrogen-bond donors (Lipinski definition) is 1. The first-order valence-corrected chi connectivity index (χ1v) is 12.5. The van der Waals surface area contributed by atoms with Gasteiger partial charge >= 0.3 is 6.98 Å². The summed E-state index contributed by atoms with van der Waals surface area (Å²) in [5, 5.41) is 10.3. The van der Waals surface area contributed by atoms with Crippen LogP contribution in [0.25, 0.3) is 0 Å². The topological polar surface area (TPSA) is 39.1 Å². The van der Waals surface area contributed by atoms with Crippen molar-refractivity contribution in [2.24, 2.45) is 4.99 Å².